The van der Waals surface area contributed by atoms with Gasteiger partial charge < -0.3 is 9.31 Å². The molecule has 1 saturated heterocycles. The van der Waals surface area contributed by atoms with Crippen LogP contribution in [0, 0.1) is 10.7 Å². The number of rotatable bonds is 2. The molecule has 2 rings (SSSR count). The number of nitrogens with zero attached hydrogens (tertiary/aromatic N) is 1. The van der Waals surface area contributed by atoms with Crippen molar-refractivity contribution in [2.45, 2.75) is 38.9 Å². The Morgan fingerprint density at radius 1 is 1.17 bits per heavy atom. The van der Waals surface area contributed by atoms with E-state index in [0.29, 0.717) is 0 Å². The van der Waals surface area contributed by atoms with Gasteiger partial charge in [0.05, 0.1) is 11.2 Å². The Kier molecular flexibility index (Phi) is 3.03. The van der Waals surface area contributed by atoms with Crippen LogP contribution in [0.4, 0.5) is 10.1 Å². The van der Waals surface area contributed by atoms with Crippen molar-refractivity contribution in [1.29, 1.82) is 0 Å². The summed E-state index contributed by atoms with van der Waals surface area (Å²) in [5.74, 6) is -0.689. The van der Waals surface area contributed by atoms with E-state index in [9.17, 15) is 9.30 Å². The predicted molar refractivity (Wildman–Crippen MR) is 67.6 cm³/mol. The zero-order valence-corrected chi connectivity index (χ0v) is 10.9. The van der Waals surface area contributed by atoms with Crippen molar-refractivity contribution in [2.24, 2.45) is 5.18 Å². The van der Waals surface area contributed by atoms with Crippen molar-refractivity contribution in [2.75, 3.05) is 0 Å². The highest BCUT2D eigenvalue weighted by atomic mass is 19.1. The fraction of sp³-hybridized carbons (Fsp3) is 0.500. The summed E-state index contributed by atoms with van der Waals surface area (Å²) in [7, 11) is -0.822. The largest absolute Gasteiger partial charge is 0.497 e. The third-order valence-electron chi connectivity index (χ3n) is 3.61. The van der Waals surface area contributed by atoms with Gasteiger partial charge in [-0.25, -0.2) is 4.39 Å². The third-order valence-corrected chi connectivity index (χ3v) is 3.61. The van der Waals surface area contributed by atoms with Gasteiger partial charge in [-0.15, -0.1) is 4.91 Å². The van der Waals surface area contributed by atoms with Crippen molar-refractivity contribution >= 4 is 18.3 Å². The minimum absolute atomic E-state index is 0.200. The molecule has 18 heavy (non-hydrogen) atoms. The number of nitroso groups, excluding NO2 is 1. The Morgan fingerprint density at radius 3 is 2.22 bits per heavy atom. The summed E-state index contributed by atoms with van der Waals surface area (Å²) in [6, 6.07) is 4.41. The van der Waals surface area contributed by atoms with E-state index in [1.165, 1.54) is 12.1 Å². The van der Waals surface area contributed by atoms with Gasteiger partial charge in [-0.3, -0.25) is 0 Å². The first kappa shape index (κ1) is 13.2. The lowest BCUT2D eigenvalue weighted by atomic mass is 9.78. The van der Waals surface area contributed by atoms with Crippen LogP contribution < -0.4 is 5.46 Å². The second-order valence-electron chi connectivity index (χ2n) is 5.36. The summed E-state index contributed by atoms with van der Waals surface area (Å²) in [5, 5.41) is 2.64. The molecule has 0 spiro atoms. The maximum absolute atomic E-state index is 14.0. The predicted octanol–water partition coefficient (Wildman–Crippen LogP) is 2.52. The van der Waals surface area contributed by atoms with Crippen LogP contribution in [0.1, 0.15) is 27.7 Å². The van der Waals surface area contributed by atoms with Crippen LogP contribution in [0.15, 0.2) is 23.4 Å². The average molecular weight is 251 g/mol. The topological polar surface area (TPSA) is 47.9 Å². The Balaban J connectivity index is 2.38. The molecular weight excluding hydrogens is 236 g/mol. The molecule has 0 aromatic heterocycles. The highest BCUT2D eigenvalue weighted by Gasteiger charge is 2.52. The average Bonchev–Trinajstić information content (AvgIpc) is 2.48. The highest BCUT2D eigenvalue weighted by molar-refractivity contribution is 6.62. The standard InChI is InChI=1S/C12H15BFNO3/c1-11(2)12(3,4)18-13(17-11)8-6-5-7-9(15-16)10(8)14/h5-7H,1-4H3. The van der Waals surface area contributed by atoms with E-state index < -0.39 is 24.1 Å². The van der Waals surface area contributed by atoms with Crippen molar-refractivity contribution in [3.63, 3.8) is 0 Å². The molecule has 6 heteroatoms. The van der Waals surface area contributed by atoms with Crippen LogP contribution in [-0.4, -0.2) is 18.3 Å². The molecule has 1 fully saturated rings. The van der Waals surface area contributed by atoms with Crippen LogP contribution in [0.25, 0.3) is 0 Å². The minimum atomic E-state index is -0.822. The molecule has 4 nitrogen and oxygen atoms in total. The van der Waals surface area contributed by atoms with E-state index in [-0.39, 0.29) is 11.2 Å². The van der Waals surface area contributed by atoms with Gasteiger partial charge >= 0.3 is 7.12 Å². The van der Waals surface area contributed by atoms with E-state index >= 15 is 0 Å². The molecular formula is C12H15BFNO3. The molecule has 0 atom stereocenters. The zero-order chi connectivity index (χ0) is 13.6. The fourth-order valence-corrected chi connectivity index (χ4v) is 1.76. The molecule has 0 bridgehead atoms. The molecule has 0 amide bonds. The van der Waals surface area contributed by atoms with E-state index in [4.69, 9.17) is 9.31 Å². The van der Waals surface area contributed by atoms with Gasteiger partial charge in [0.1, 0.15) is 5.69 Å². The summed E-state index contributed by atoms with van der Waals surface area (Å²) >= 11 is 0. The number of halogens is 1. The van der Waals surface area contributed by atoms with E-state index in [1.54, 1.807) is 6.07 Å². The highest BCUT2D eigenvalue weighted by Crippen LogP contribution is 2.36. The smallest absolute Gasteiger partial charge is 0.399 e. The van der Waals surface area contributed by atoms with Gasteiger partial charge in [0.15, 0.2) is 5.82 Å². The van der Waals surface area contributed by atoms with Gasteiger partial charge in [-0.2, -0.15) is 0 Å². The van der Waals surface area contributed by atoms with Crippen LogP contribution in [0.2, 0.25) is 0 Å². The summed E-state index contributed by atoms with van der Waals surface area (Å²) in [6.45, 7) is 7.53. The van der Waals surface area contributed by atoms with Crippen molar-refractivity contribution in [3.8, 4) is 0 Å². The lowest BCUT2D eigenvalue weighted by Gasteiger charge is -2.32. The lowest BCUT2D eigenvalue weighted by Crippen LogP contribution is -2.41. The van der Waals surface area contributed by atoms with Gasteiger partial charge in [-0.05, 0) is 38.9 Å². The summed E-state index contributed by atoms with van der Waals surface area (Å²) < 4.78 is 25.4. The second kappa shape index (κ2) is 4.14. The molecule has 0 radical (unpaired) electrons. The Bertz CT molecular complexity index is 474. The van der Waals surface area contributed by atoms with Gasteiger partial charge in [0.2, 0.25) is 0 Å². The SMILES string of the molecule is CC1(C)OB(c2cccc(N=O)c2F)OC1(C)C. The third kappa shape index (κ3) is 1.95. The molecule has 0 aliphatic carbocycles. The van der Waals surface area contributed by atoms with Crippen LogP contribution in [0.3, 0.4) is 0 Å². The number of hydrogen-bond donors (Lipinski definition) is 0. The first-order chi connectivity index (χ1) is 8.28. The Hall–Kier alpha value is -1.27. The second-order valence-corrected chi connectivity index (χ2v) is 5.36. The van der Waals surface area contributed by atoms with Gasteiger partial charge in [0, 0.05) is 5.46 Å². The van der Waals surface area contributed by atoms with Crippen molar-refractivity contribution < 1.29 is 13.7 Å². The molecule has 1 aliphatic rings. The minimum Gasteiger partial charge on any atom is -0.399 e. The maximum Gasteiger partial charge on any atom is 0.497 e. The molecule has 0 saturated carbocycles. The summed E-state index contributed by atoms with van der Waals surface area (Å²) in [4.78, 5) is 10.5. The molecule has 0 N–H and O–H groups in total. The lowest BCUT2D eigenvalue weighted by molar-refractivity contribution is 0.00578. The maximum atomic E-state index is 14.0. The van der Waals surface area contributed by atoms with Crippen LogP contribution in [-0.2, 0) is 9.31 Å². The molecule has 1 aromatic carbocycles. The first-order valence-electron chi connectivity index (χ1n) is 5.76. The summed E-state index contributed by atoms with van der Waals surface area (Å²) in [5.41, 5.74) is -1.13. The van der Waals surface area contributed by atoms with Gasteiger partial charge in [0.25, 0.3) is 0 Å². The van der Waals surface area contributed by atoms with Crippen molar-refractivity contribution in [3.05, 3.63) is 28.9 Å². The summed E-state index contributed by atoms with van der Waals surface area (Å²) in [6.07, 6.45) is 0. The molecule has 96 valence electrons. The first-order valence-corrected chi connectivity index (χ1v) is 5.76. The van der Waals surface area contributed by atoms with E-state index in [0.717, 1.165) is 0 Å². The fourth-order valence-electron chi connectivity index (χ4n) is 1.76. The van der Waals surface area contributed by atoms with E-state index in [1.807, 2.05) is 27.7 Å². The molecule has 1 aromatic rings. The Morgan fingerprint density at radius 2 is 1.72 bits per heavy atom. The zero-order valence-electron chi connectivity index (χ0n) is 10.9. The van der Waals surface area contributed by atoms with Crippen molar-refractivity contribution in [1.82, 2.24) is 0 Å². The molecule has 1 heterocycles. The molecule has 0 unspecified atom stereocenters. The van der Waals surface area contributed by atoms with E-state index in [2.05, 4.69) is 5.18 Å². The number of benzene rings is 1. The van der Waals surface area contributed by atoms with Crippen LogP contribution in [0.5, 0.6) is 0 Å². The quantitative estimate of drug-likeness (QED) is 0.599. The number of hydrogen-bond acceptors (Lipinski definition) is 4. The Labute approximate surface area is 106 Å². The molecule has 1 aliphatic heterocycles. The van der Waals surface area contributed by atoms with Gasteiger partial charge in [-0.1, -0.05) is 12.1 Å². The monoisotopic (exact) mass is 251 g/mol. The normalized spacial score (nSPS) is 21.1. The van der Waals surface area contributed by atoms with Crippen LogP contribution >= 0.6 is 0 Å².